The molecular formula is C15H32N3+. The first-order valence-electron chi connectivity index (χ1n) is 7.87. The van der Waals surface area contributed by atoms with E-state index in [9.17, 15) is 0 Å². The molecule has 0 heterocycles. The van der Waals surface area contributed by atoms with E-state index in [0.717, 1.165) is 36.6 Å². The Kier molecular flexibility index (Phi) is 6.13. The Morgan fingerprint density at radius 3 is 1.89 bits per heavy atom. The quantitative estimate of drug-likeness (QED) is 0.454. The lowest BCUT2D eigenvalue weighted by atomic mass is 9.92. The molecular weight excluding hydrogens is 222 g/mol. The molecule has 3 nitrogen and oxygen atoms in total. The lowest BCUT2D eigenvalue weighted by molar-refractivity contribution is -0.871. The minimum Gasteiger partial charge on any atom is -0.312 e. The van der Waals surface area contributed by atoms with Crippen molar-refractivity contribution >= 4 is 5.96 Å². The van der Waals surface area contributed by atoms with Gasteiger partial charge in [0.05, 0.1) is 19.1 Å². The summed E-state index contributed by atoms with van der Waals surface area (Å²) in [5.41, 5.74) is 0. The fraction of sp³-hybridized carbons (Fsp3) is 0.933. The molecule has 0 saturated heterocycles. The number of quaternary nitrogens is 1. The molecule has 0 aromatic rings. The first-order valence-corrected chi connectivity index (χ1v) is 7.87. The smallest absolute Gasteiger partial charge is 0.297 e. The Bertz CT molecular complexity index is 248. The third kappa shape index (κ3) is 2.87. The van der Waals surface area contributed by atoms with Crippen LogP contribution in [0.5, 0.6) is 0 Å². The molecule has 0 radical (unpaired) electrons. The number of nitrogens with one attached hydrogen (secondary N) is 1. The molecule has 0 bridgehead atoms. The van der Waals surface area contributed by atoms with Gasteiger partial charge in [0.25, 0.3) is 5.96 Å². The molecule has 0 aliphatic heterocycles. The standard InChI is InChI=1S/C15H32N3/c1-5-17(6-2)15(16)18(7-3,8-4)14-12-10-9-11-13-14/h14,16H,5-13H2,1-4H3/q+1. The van der Waals surface area contributed by atoms with Crippen molar-refractivity contribution < 1.29 is 4.48 Å². The Morgan fingerprint density at radius 2 is 1.50 bits per heavy atom. The Labute approximate surface area is 113 Å². The van der Waals surface area contributed by atoms with Gasteiger partial charge in [-0.05, 0) is 53.4 Å². The van der Waals surface area contributed by atoms with Crippen LogP contribution in [0.4, 0.5) is 0 Å². The van der Waals surface area contributed by atoms with Gasteiger partial charge in [-0.1, -0.05) is 6.42 Å². The van der Waals surface area contributed by atoms with Crippen molar-refractivity contribution in [1.29, 1.82) is 5.41 Å². The van der Waals surface area contributed by atoms with Gasteiger partial charge in [0.15, 0.2) is 0 Å². The van der Waals surface area contributed by atoms with Gasteiger partial charge in [0.2, 0.25) is 0 Å². The predicted molar refractivity (Wildman–Crippen MR) is 78.9 cm³/mol. The Balaban J connectivity index is 2.93. The van der Waals surface area contributed by atoms with Gasteiger partial charge in [-0.2, -0.15) is 0 Å². The normalized spacial score (nSPS) is 17.8. The average Bonchev–Trinajstić information content (AvgIpc) is 2.43. The minimum atomic E-state index is 0.682. The van der Waals surface area contributed by atoms with Crippen LogP contribution in [-0.2, 0) is 0 Å². The molecule has 0 aromatic heterocycles. The van der Waals surface area contributed by atoms with Crippen molar-refractivity contribution in [3.8, 4) is 0 Å². The van der Waals surface area contributed by atoms with Gasteiger partial charge in [-0.25, -0.2) is 5.41 Å². The number of hydrogen-bond acceptors (Lipinski definition) is 1. The zero-order chi connectivity index (χ0) is 13.6. The lowest BCUT2D eigenvalue weighted by Crippen LogP contribution is -2.64. The van der Waals surface area contributed by atoms with Crippen molar-refractivity contribution in [1.82, 2.24) is 4.90 Å². The average molecular weight is 254 g/mol. The highest BCUT2D eigenvalue weighted by Gasteiger charge is 2.41. The predicted octanol–water partition coefficient (Wildman–Crippen LogP) is 3.45. The van der Waals surface area contributed by atoms with E-state index in [-0.39, 0.29) is 0 Å². The second-order valence-electron chi connectivity index (χ2n) is 5.45. The van der Waals surface area contributed by atoms with Crippen LogP contribution in [0.1, 0.15) is 59.8 Å². The zero-order valence-electron chi connectivity index (χ0n) is 12.8. The highest BCUT2D eigenvalue weighted by molar-refractivity contribution is 5.70. The van der Waals surface area contributed by atoms with Crippen LogP contribution in [-0.4, -0.2) is 47.6 Å². The first kappa shape index (κ1) is 15.5. The van der Waals surface area contributed by atoms with E-state index < -0.39 is 0 Å². The van der Waals surface area contributed by atoms with E-state index in [1.807, 2.05) is 0 Å². The molecule has 1 aliphatic rings. The molecule has 1 fully saturated rings. The molecule has 1 aliphatic carbocycles. The van der Waals surface area contributed by atoms with E-state index in [0.29, 0.717) is 6.04 Å². The van der Waals surface area contributed by atoms with Crippen LogP contribution in [0, 0.1) is 5.41 Å². The summed E-state index contributed by atoms with van der Waals surface area (Å²) in [5.74, 6) is 0.858. The topological polar surface area (TPSA) is 27.1 Å². The SMILES string of the molecule is CCN(CC)C(=N)[N+](CC)(CC)C1CCCCC1. The maximum atomic E-state index is 8.69. The number of rotatable bonds is 5. The fourth-order valence-electron chi connectivity index (χ4n) is 3.59. The summed E-state index contributed by atoms with van der Waals surface area (Å²) in [6.07, 6.45) is 6.73. The van der Waals surface area contributed by atoms with E-state index in [1.165, 1.54) is 32.1 Å². The molecule has 0 aromatic carbocycles. The van der Waals surface area contributed by atoms with Gasteiger partial charge >= 0.3 is 0 Å². The van der Waals surface area contributed by atoms with E-state index in [1.54, 1.807) is 0 Å². The van der Waals surface area contributed by atoms with Crippen LogP contribution < -0.4 is 0 Å². The maximum Gasteiger partial charge on any atom is 0.297 e. The highest BCUT2D eigenvalue weighted by Crippen LogP contribution is 2.29. The molecule has 0 atom stereocenters. The van der Waals surface area contributed by atoms with Crippen molar-refractivity contribution in [3.63, 3.8) is 0 Å². The highest BCUT2D eigenvalue weighted by atomic mass is 15.5. The van der Waals surface area contributed by atoms with Crippen LogP contribution in [0.25, 0.3) is 0 Å². The van der Waals surface area contributed by atoms with Crippen LogP contribution >= 0.6 is 0 Å². The summed E-state index contributed by atoms with van der Waals surface area (Å²) in [6.45, 7) is 12.9. The van der Waals surface area contributed by atoms with Crippen molar-refractivity contribution in [2.75, 3.05) is 26.2 Å². The van der Waals surface area contributed by atoms with Crippen LogP contribution in [0.15, 0.2) is 0 Å². The van der Waals surface area contributed by atoms with Crippen molar-refractivity contribution in [2.45, 2.75) is 65.8 Å². The summed E-state index contributed by atoms with van der Waals surface area (Å²) in [5, 5.41) is 8.69. The van der Waals surface area contributed by atoms with E-state index in [2.05, 4.69) is 32.6 Å². The van der Waals surface area contributed by atoms with E-state index >= 15 is 0 Å². The third-order valence-electron chi connectivity index (χ3n) is 4.89. The van der Waals surface area contributed by atoms with Gasteiger partial charge in [-0.3, -0.25) is 4.48 Å². The van der Waals surface area contributed by atoms with Crippen LogP contribution in [0.2, 0.25) is 0 Å². The molecule has 1 saturated carbocycles. The maximum absolute atomic E-state index is 8.69. The summed E-state index contributed by atoms with van der Waals surface area (Å²) in [6, 6.07) is 0.682. The summed E-state index contributed by atoms with van der Waals surface area (Å²) >= 11 is 0. The second-order valence-corrected chi connectivity index (χ2v) is 5.45. The second kappa shape index (κ2) is 7.13. The number of hydrogen-bond donors (Lipinski definition) is 1. The molecule has 0 amide bonds. The van der Waals surface area contributed by atoms with Gasteiger partial charge < -0.3 is 4.90 Å². The number of guanidine groups is 1. The molecule has 18 heavy (non-hydrogen) atoms. The van der Waals surface area contributed by atoms with Gasteiger partial charge in [0.1, 0.15) is 0 Å². The van der Waals surface area contributed by atoms with Crippen molar-refractivity contribution in [2.24, 2.45) is 0 Å². The van der Waals surface area contributed by atoms with E-state index in [4.69, 9.17) is 5.41 Å². The summed E-state index contributed by atoms with van der Waals surface area (Å²) < 4.78 is 0.904. The molecule has 1 N–H and O–H groups in total. The Hall–Kier alpha value is -0.570. The van der Waals surface area contributed by atoms with Gasteiger partial charge in [0, 0.05) is 13.1 Å². The van der Waals surface area contributed by atoms with Crippen molar-refractivity contribution in [3.05, 3.63) is 0 Å². The number of nitrogens with zero attached hydrogens (tertiary/aromatic N) is 2. The Morgan fingerprint density at radius 1 is 1.00 bits per heavy atom. The summed E-state index contributed by atoms with van der Waals surface area (Å²) in [7, 11) is 0. The first-order chi connectivity index (χ1) is 8.66. The van der Waals surface area contributed by atoms with Gasteiger partial charge in [-0.15, -0.1) is 0 Å². The third-order valence-corrected chi connectivity index (χ3v) is 4.89. The monoisotopic (exact) mass is 254 g/mol. The molecule has 106 valence electrons. The molecule has 3 heteroatoms. The lowest BCUT2D eigenvalue weighted by Gasteiger charge is -2.46. The zero-order valence-corrected chi connectivity index (χ0v) is 12.8. The molecule has 0 unspecified atom stereocenters. The van der Waals surface area contributed by atoms with Crippen LogP contribution in [0.3, 0.4) is 0 Å². The summed E-state index contributed by atoms with van der Waals surface area (Å²) in [4.78, 5) is 2.24. The fourth-order valence-corrected chi connectivity index (χ4v) is 3.59. The largest absolute Gasteiger partial charge is 0.312 e. The molecule has 0 spiro atoms. The minimum absolute atomic E-state index is 0.682. The molecule has 1 rings (SSSR count).